The SMILES string of the molecule is COc1ccc(C(=O)C(C)OC(=O)c2cc(C)no2)cc1. The van der Waals surface area contributed by atoms with E-state index < -0.39 is 12.1 Å². The summed E-state index contributed by atoms with van der Waals surface area (Å²) in [6.07, 6.45) is -0.920. The molecule has 0 amide bonds. The van der Waals surface area contributed by atoms with Crippen LogP contribution in [0, 0.1) is 6.92 Å². The first-order valence-electron chi connectivity index (χ1n) is 6.34. The van der Waals surface area contributed by atoms with Crippen molar-refractivity contribution >= 4 is 11.8 Å². The third-order valence-electron chi connectivity index (χ3n) is 2.86. The van der Waals surface area contributed by atoms with Gasteiger partial charge in [-0.2, -0.15) is 0 Å². The van der Waals surface area contributed by atoms with Crippen molar-refractivity contribution in [3.05, 3.63) is 47.3 Å². The van der Waals surface area contributed by atoms with E-state index in [-0.39, 0.29) is 11.5 Å². The number of Topliss-reactive ketones (excluding diaryl/α,β-unsaturated/α-hetero) is 1. The summed E-state index contributed by atoms with van der Waals surface area (Å²) >= 11 is 0. The standard InChI is InChI=1S/C15H15NO5/c1-9-8-13(21-16-9)15(18)20-10(2)14(17)11-4-6-12(19-3)7-5-11/h4-8,10H,1-3H3. The fourth-order valence-corrected chi connectivity index (χ4v) is 1.72. The van der Waals surface area contributed by atoms with E-state index in [1.54, 1.807) is 38.3 Å². The average molecular weight is 289 g/mol. The predicted octanol–water partition coefficient (Wildman–Crippen LogP) is 2.42. The van der Waals surface area contributed by atoms with Gasteiger partial charge in [0.15, 0.2) is 6.10 Å². The molecule has 0 fully saturated rings. The molecule has 2 rings (SSSR count). The lowest BCUT2D eigenvalue weighted by atomic mass is 10.1. The highest BCUT2D eigenvalue weighted by molar-refractivity contribution is 6.01. The molecule has 0 saturated carbocycles. The van der Waals surface area contributed by atoms with Crippen LogP contribution < -0.4 is 4.74 Å². The molecule has 6 nitrogen and oxygen atoms in total. The van der Waals surface area contributed by atoms with Gasteiger partial charge >= 0.3 is 5.97 Å². The summed E-state index contributed by atoms with van der Waals surface area (Å²) in [6, 6.07) is 8.02. The van der Waals surface area contributed by atoms with Crippen LogP contribution in [0.1, 0.15) is 33.5 Å². The first-order chi connectivity index (χ1) is 10.0. The Morgan fingerprint density at radius 3 is 2.43 bits per heavy atom. The third-order valence-corrected chi connectivity index (χ3v) is 2.86. The molecular formula is C15H15NO5. The second-order valence-electron chi connectivity index (χ2n) is 4.47. The van der Waals surface area contributed by atoms with Crippen molar-refractivity contribution in [3.63, 3.8) is 0 Å². The van der Waals surface area contributed by atoms with Gasteiger partial charge in [-0.1, -0.05) is 5.16 Å². The minimum atomic E-state index is -0.920. The summed E-state index contributed by atoms with van der Waals surface area (Å²) in [6.45, 7) is 3.19. The Morgan fingerprint density at radius 1 is 1.24 bits per heavy atom. The number of hydrogen-bond acceptors (Lipinski definition) is 6. The third kappa shape index (κ3) is 3.47. The summed E-state index contributed by atoms with van der Waals surface area (Å²) in [7, 11) is 1.54. The van der Waals surface area contributed by atoms with Gasteiger partial charge < -0.3 is 14.0 Å². The van der Waals surface area contributed by atoms with Crippen LogP contribution in [0.3, 0.4) is 0 Å². The Kier molecular flexibility index (Phi) is 4.37. The zero-order valence-corrected chi connectivity index (χ0v) is 12.0. The molecule has 110 valence electrons. The first kappa shape index (κ1) is 14.8. The molecule has 6 heteroatoms. The number of nitrogens with zero attached hydrogens (tertiary/aromatic N) is 1. The molecule has 0 radical (unpaired) electrons. The van der Waals surface area contributed by atoms with Gasteiger partial charge in [-0.3, -0.25) is 4.79 Å². The molecule has 1 heterocycles. The van der Waals surface area contributed by atoms with Crippen LogP contribution in [-0.2, 0) is 4.74 Å². The second-order valence-corrected chi connectivity index (χ2v) is 4.47. The lowest BCUT2D eigenvalue weighted by Crippen LogP contribution is -2.24. The second kappa shape index (κ2) is 6.21. The van der Waals surface area contributed by atoms with E-state index in [1.165, 1.54) is 13.0 Å². The summed E-state index contributed by atoms with van der Waals surface area (Å²) in [5.41, 5.74) is 1.00. The molecule has 1 aromatic carbocycles. The topological polar surface area (TPSA) is 78.6 Å². The van der Waals surface area contributed by atoms with Gasteiger partial charge in [0.25, 0.3) is 0 Å². The molecule has 0 saturated heterocycles. The van der Waals surface area contributed by atoms with E-state index in [0.717, 1.165) is 0 Å². The van der Waals surface area contributed by atoms with Crippen molar-refractivity contribution in [2.75, 3.05) is 7.11 Å². The number of carbonyl (C=O) groups is 2. The molecule has 2 aromatic rings. The maximum atomic E-state index is 12.2. The molecule has 0 aliphatic carbocycles. The zero-order valence-electron chi connectivity index (χ0n) is 12.0. The molecule has 1 aromatic heterocycles. The van der Waals surface area contributed by atoms with Crippen LogP contribution in [0.4, 0.5) is 0 Å². The van der Waals surface area contributed by atoms with Crippen LogP contribution in [0.25, 0.3) is 0 Å². The number of ketones is 1. The van der Waals surface area contributed by atoms with Gasteiger partial charge in [0.2, 0.25) is 11.5 Å². The van der Waals surface area contributed by atoms with Gasteiger partial charge in [-0.25, -0.2) is 4.79 Å². The Balaban J connectivity index is 2.03. The Bertz CT molecular complexity index is 644. The highest BCUT2D eigenvalue weighted by Gasteiger charge is 2.22. The van der Waals surface area contributed by atoms with Gasteiger partial charge in [0, 0.05) is 11.6 Å². The molecule has 21 heavy (non-hydrogen) atoms. The highest BCUT2D eigenvalue weighted by Crippen LogP contribution is 2.14. The fraction of sp³-hybridized carbons (Fsp3) is 0.267. The largest absolute Gasteiger partial charge is 0.497 e. The van der Waals surface area contributed by atoms with Crippen LogP contribution in [0.2, 0.25) is 0 Å². The Labute approximate surface area is 121 Å². The molecule has 0 aliphatic heterocycles. The van der Waals surface area contributed by atoms with Crippen molar-refractivity contribution in [3.8, 4) is 5.75 Å². The summed E-state index contributed by atoms with van der Waals surface area (Å²) in [5.74, 6) is -0.401. The molecule has 1 unspecified atom stereocenters. The van der Waals surface area contributed by atoms with Gasteiger partial charge in [-0.15, -0.1) is 0 Å². The number of ether oxygens (including phenoxy) is 2. The summed E-state index contributed by atoms with van der Waals surface area (Å²) < 4.78 is 14.9. The molecule has 1 atom stereocenters. The van der Waals surface area contributed by atoms with E-state index in [1.807, 2.05) is 0 Å². The van der Waals surface area contributed by atoms with Crippen LogP contribution in [-0.4, -0.2) is 30.1 Å². The first-order valence-corrected chi connectivity index (χ1v) is 6.34. The van der Waals surface area contributed by atoms with Gasteiger partial charge in [0.05, 0.1) is 12.8 Å². The van der Waals surface area contributed by atoms with Crippen LogP contribution in [0.5, 0.6) is 5.75 Å². The number of methoxy groups -OCH3 is 1. The van der Waals surface area contributed by atoms with E-state index in [4.69, 9.17) is 14.0 Å². The van der Waals surface area contributed by atoms with E-state index >= 15 is 0 Å². The number of aromatic nitrogens is 1. The lowest BCUT2D eigenvalue weighted by Gasteiger charge is -2.11. The van der Waals surface area contributed by atoms with Crippen LogP contribution in [0.15, 0.2) is 34.9 Å². The fourth-order valence-electron chi connectivity index (χ4n) is 1.72. The maximum Gasteiger partial charge on any atom is 0.377 e. The van der Waals surface area contributed by atoms with E-state index in [0.29, 0.717) is 17.0 Å². The number of hydrogen-bond donors (Lipinski definition) is 0. The Morgan fingerprint density at radius 2 is 1.90 bits per heavy atom. The lowest BCUT2D eigenvalue weighted by molar-refractivity contribution is 0.0281. The maximum absolute atomic E-state index is 12.2. The van der Waals surface area contributed by atoms with Crippen molar-refractivity contribution in [2.24, 2.45) is 0 Å². The van der Waals surface area contributed by atoms with E-state index in [9.17, 15) is 9.59 Å². The Hall–Kier alpha value is -2.63. The normalized spacial score (nSPS) is 11.8. The predicted molar refractivity (Wildman–Crippen MR) is 73.4 cm³/mol. The molecule has 0 N–H and O–H groups in total. The molecule has 0 aliphatic rings. The number of esters is 1. The smallest absolute Gasteiger partial charge is 0.377 e. The molecule has 0 spiro atoms. The highest BCUT2D eigenvalue weighted by atomic mass is 16.6. The van der Waals surface area contributed by atoms with Crippen molar-refractivity contribution in [2.45, 2.75) is 20.0 Å². The molecular weight excluding hydrogens is 274 g/mol. The average Bonchev–Trinajstić information content (AvgIpc) is 2.93. The molecule has 0 bridgehead atoms. The quantitative estimate of drug-likeness (QED) is 0.621. The van der Waals surface area contributed by atoms with Gasteiger partial charge in [0.1, 0.15) is 5.75 Å². The summed E-state index contributed by atoms with van der Waals surface area (Å²) in [4.78, 5) is 23.9. The minimum Gasteiger partial charge on any atom is -0.497 e. The van der Waals surface area contributed by atoms with Crippen molar-refractivity contribution in [1.82, 2.24) is 5.16 Å². The summed E-state index contributed by atoms with van der Waals surface area (Å²) in [5, 5.41) is 3.59. The minimum absolute atomic E-state index is 0.0260. The van der Waals surface area contributed by atoms with E-state index in [2.05, 4.69) is 5.16 Å². The number of carbonyl (C=O) groups excluding carboxylic acids is 2. The number of aryl methyl sites for hydroxylation is 1. The van der Waals surface area contributed by atoms with Crippen molar-refractivity contribution in [1.29, 1.82) is 0 Å². The van der Waals surface area contributed by atoms with Crippen molar-refractivity contribution < 1.29 is 23.6 Å². The number of rotatable bonds is 5. The van der Waals surface area contributed by atoms with Gasteiger partial charge in [-0.05, 0) is 38.1 Å². The zero-order chi connectivity index (χ0) is 15.4. The number of benzene rings is 1. The van der Waals surface area contributed by atoms with Crippen LogP contribution >= 0.6 is 0 Å². The monoisotopic (exact) mass is 289 g/mol.